The molecule has 3 atom stereocenters. The zero-order valence-electron chi connectivity index (χ0n) is 9.49. The lowest BCUT2D eigenvalue weighted by molar-refractivity contribution is 0.150. The van der Waals surface area contributed by atoms with E-state index in [0.717, 1.165) is 12.8 Å². The first-order valence-electron chi connectivity index (χ1n) is 5.95. The Morgan fingerprint density at radius 2 is 2.18 bits per heavy atom. The Bertz CT molecular complexity index is 468. The molecule has 1 aliphatic rings. The second kappa shape index (κ2) is 4.59. The maximum absolute atomic E-state index is 10.2. The highest BCUT2D eigenvalue weighted by Crippen LogP contribution is 2.50. The van der Waals surface area contributed by atoms with Gasteiger partial charge in [-0.05, 0) is 23.8 Å². The highest BCUT2D eigenvalue weighted by molar-refractivity contribution is 7.09. The quantitative estimate of drug-likeness (QED) is 0.898. The van der Waals surface area contributed by atoms with Gasteiger partial charge in [0, 0.05) is 17.5 Å². The van der Waals surface area contributed by atoms with Crippen LogP contribution in [0, 0.1) is 5.92 Å². The number of nitrogens with zero attached hydrogens (tertiary/aromatic N) is 1. The van der Waals surface area contributed by atoms with Crippen molar-refractivity contribution in [2.24, 2.45) is 5.92 Å². The van der Waals surface area contributed by atoms with Gasteiger partial charge in [0.2, 0.25) is 0 Å². The van der Waals surface area contributed by atoms with Crippen LogP contribution in [0.25, 0.3) is 0 Å². The lowest BCUT2D eigenvalue weighted by Gasteiger charge is -2.08. The van der Waals surface area contributed by atoms with E-state index >= 15 is 0 Å². The highest BCUT2D eigenvalue weighted by atomic mass is 32.1. The molecule has 3 rings (SSSR count). The first kappa shape index (κ1) is 10.9. The van der Waals surface area contributed by atoms with Crippen molar-refractivity contribution in [3.05, 3.63) is 52.5 Å². The van der Waals surface area contributed by atoms with Crippen LogP contribution in [0.15, 0.2) is 42.0 Å². The SMILES string of the molecule is OC(Cc1cncs1)C1CC1c1ccccc1. The van der Waals surface area contributed by atoms with E-state index in [1.165, 1.54) is 10.4 Å². The van der Waals surface area contributed by atoms with E-state index in [9.17, 15) is 5.11 Å². The first-order chi connectivity index (χ1) is 8.34. The van der Waals surface area contributed by atoms with Crippen LogP contribution in [-0.4, -0.2) is 16.2 Å². The van der Waals surface area contributed by atoms with Gasteiger partial charge in [0.05, 0.1) is 11.6 Å². The lowest BCUT2D eigenvalue weighted by atomic mass is 10.0. The Morgan fingerprint density at radius 1 is 1.35 bits per heavy atom. The zero-order valence-corrected chi connectivity index (χ0v) is 10.3. The summed E-state index contributed by atoms with van der Waals surface area (Å²) in [5, 5.41) is 10.2. The van der Waals surface area contributed by atoms with Crippen molar-refractivity contribution in [3.8, 4) is 0 Å². The highest BCUT2D eigenvalue weighted by Gasteiger charge is 2.43. The van der Waals surface area contributed by atoms with Gasteiger partial charge in [-0.2, -0.15) is 0 Å². The van der Waals surface area contributed by atoms with E-state index in [2.05, 4.69) is 29.2 Å². The summed E-state index contributed by atoms with van der Waals surface area (Å²) >= 11 is 1.62. The van der Waals surface area contributed by atoms with E-state index in [1.807, 2.05) is 17.8 Å². The van der Waals surface area contributed by atoms with Gasteiger partial charge in [0.15, 0.2) is 0 Å². The van der Waals surface area contributed by atoms with Crippen LogP contribution in [0.4, 0.5) is 0 Å². The Morgan fingerprint density at radius 3 is 2.88 bits per heavy atom. The molecule has 0 amide bonds. The molecular formula is C14H15NOS. The average Bonchev–Trinajstić information content (AvgIpc) is 3.02. The van der Waals surface area contributed by atoms with E-state index in [4.69, 9.17) is 0 Å². The summed E-state index contributed by atoms with van der Waals surface area (Å²) in [6.07, 6.45) is 3.50. The summed E-state index contributed by atoms with van der Waals surface area (Å²) in [4.78, 5) is 5.22. The van der Waals surface area contributed by atoms with E-state index in [0.29, 0.717) is 11.8 Å². The van der Waals surface area contributed by atoms with Crippen molar-refractivity contribution in [3.63, 3.8) is 0 Å². The number of thiazole rings is 1. The predicted molar refractivity (Wildman–Crippen MR) is 69.1 cm³/mol. The largest absolute Gasteiger partial charge is 0.392 e. The minimum Gasteiger partial charge on any atom is -0.392 e. The molecule has 1 heterocycles. The second-order valence-electron chi connectivity index (χ2n) is 4.66. The molecule has 88 valence electrons. The number of hydrogen-bond donors (Lipinski definition) is 1. The van der Waals surface area contributed by atoms with Gasteiger partial charge in [-0.1, -0.05) is 30.3 Å². The number of benzene rings is 1. The molecule has 1 aromatic heterocycles. The van der Waals surface area contributed by atoms with Crippen molar-refractivity contribution < 1.29 is 5.11 Å². The van der Waals surface area contributed by atoms with E-state index < -0.39 is 0 Å². The monoisotopic (exact) mass is 245 g/mol. The number of rotatable bonds is 4. The molecule has 3 heteroatoms. The van der Waals surface area contributed by atoms with Crippen molar-refractivity contribution in [1.29, 1.82) is 0 Å². The molecule has 0 aliphatic heterocycles. The van der Waals surface area contributed by atoms with Gasteiger partial charge >= 0.3 is 0 Å². The molecule has 1 fully saturated rings. The molecule has 1 aromatic carbocycles. The van der Waals surface area contributed by atoms with Gasteiger partial charge in [0.1, 0.15) is 0 Å². The summed E-state index contributed by atoms with van der Waals surface area (Å²) in [6.45, 7) is 0. The molecule has 17 heavy (non-hydrogen) atoms. The van der Waals surface area contributed by atoms with Crippen LogP contribution >= 0.6 is 11.3 Å². The smallest absolute Gasteiger partial charge is 0.0794 e. The van der Waals surface area contributed by atoms with Crippen LogP contribution in [0.3, 0.4) is 0 Å². The van der Waals surface area contributed by atoms with Crippen molar-refractivity contribution in [1.82, 2.24) is 4.98 Å². The third-order valence-corrected chi connectivity index (χ3v) is 4.26. The van der Waals surface area contributed by atoms with Crippen LogP contribution < -0.4 is 0 Å². The molecule has 2 aromatic rings. The molecule has 1 aliphatic carbocycles. The van der Waals surface area contributed by atoms with Gasteiger partial charge in [-0.15, -0.1) is 11.3 Å². The Kier molecular flexibility index (Phi) is 2.95. The predicted octanol–water partition coefficient (Wildman–Crippen LogP) is 2.85. The topological polar surface area (TPSA) is 33.1 Å². The lowest BCUT2D eigenvalue weighted by Crippen LogP contribution is -2.13. The third-order valence-electron chi connectivity index (χ3n) is 3.46. The molecule has 0 bridgehead atoms. The Balaban J connectivity index is 1.61. The molecule has 3 unspecified atom stereocenters. The summed E-state index contributed by atoms with van der Waals surface area (Å²) in [6, 6.07) is 10.5. The van der Waals surface area contributed by atoms with Gasteiger partial charge in [-0.3, -0.25) is 4.98 Å². The third kappa shape index (κ3) is 2.40. The first-order valence-corrected chi connectivity index (χ1v) is 6.83. The van der Waals surface area contributed by atoms with Crippen molar-refractivity contribution in [2.75, 3.05) is 0 Å². The second-order valence-corrected chi connectivity index (χ2v) is 5.63. The molecule has 0 radical (unpaired) electrons. The Hall–Kier alpha value is -1.19. The molecule has 1 N–H and O–H groups in total. The fourth-order valence-electron chi connectivity index (χ4n) is 2.42. The maximum atomic E-state index is 10.2. The van der Waals surface area contributed by atoms with E-state index in [-0.39, 0.29) is 6.10 Å². The van der Waals surface area contributed by atoms with Gasteiger partial charge in [0.25, 0.3) is 0 Å². The van der Waals surface area contributed by atoms with Crippen LogP contribution in [0.2, 0.25) is 0 Å². The summed E-state index contributed by atoms with van der Waals surface area (Å²) in [5.41, 5.74) is 3.18. The van der Waals surface area contributed by atoms with Crippen molar-refractivity contribution in [2.45, 2.75) is 24.9 Å². The van der Waals surface area contributed by atoms with Crippen LogP contribution in [-0.2, 0) is 6.42 Å². The molecule has 0 spiro atoms. The molecule has 1 saturated carbocycles. The number of aliphatic hydroxyl groups excluding tert-OH is 1. The molecular weight excluding hydrogens is 230 g/mol. The van der Waals surface area contributed by atoms with E-state index in [1.54, 1.807) is 11.3 Å². The van der Waals surface area contributed by atoms with Crippen molar-refractivity contribution >= 4 is 11.3 Å². The Labute approximate surface area is 105 Å². The van der Waals surface area contributed by atoms with Crippen LogP contribution in [0.1, 0.15) is 22.8 Å². The maximum Gasteiger partial charge on any atom is 0.0794 e. The van der Waals surface area contributed by atoms with Crippen LogP contribution in [0.5, 0.6) is 0 Å². The zero-order chi connectivity index (χ0) is 11.7. The summed E-state index contributed by atoms with van der Waals surface area (Å²) in [5.74, 6) is 0.985. The fourth-order valence-corrected chi connectivity index (χ4v) is 3.07. The molecule has 0 saturated heterocycles. The summed E-state index contributed by atoms with van der Waals surface area (Å²) in [7, 11) is 0. The fraction of sp³-hybridized carbons (Fsp3) is 0.357. The normalized spacial score (nSPS) is 24.5. The van der Waals surface area contributed by atoms with Gasteiger partial charge in [-0.25, -0.2) is 0 Å². The average molecular weight is 245 g/mol. The summed E-state index contributed by atoms with van der Waals surface area (Å²) < 4.78 is 0. The number of hydrogen-bond acceptors (Lipinski definition) is 3. The molecule has 2 nitrogen and oxygen atoms in total. The number of aromatic nitrogens is 1. The minimum atomic E-state index is -0.222. The standard InChI is InChI=1S/C14H15NOS/c16-14(6-11-8-15-9-17-11)13-7-12(13)10-4-2-1-3-5-10/h1-5,8-9,12-14,16H,6-7H2. The minimum absolute atomic E-state index is 0.222. The number of aliphatic hydroxyl groups is 1. The van der Waals surface area contributed by atoms with Gasteiger partial charge < -0.3 is 5.11 Å².